The molecule has 76 valence electrons. The highest BCUT2D eigenvalue weighted by Gasteiger charge is 2.17. The highest BCUT2D eigenvalue weighted by atomic mass is 15.3. The molecule has 1 saturated heterocycles. The topological polar surface area (TPSA) is 6.48 Å². The molecule has 0 aromatic carbocycles. The second kappa shape index (κ2) is 4.66. The van der Waals surface area contributed by atoms with Crippen molar-refractivity contribution in [3.05, 3.63) is 11.3 Å². The molecule has 0 aromatic heterocycles. The fourth-order valence-electron chi connectivity index (χ4n) is 1.88. The van der Waals surface area contributed by atoms with E-state index in [1.54, 1.807) is 0 Å². The maximum absolute atomic E-state index is 2.54. The van der Waals surface area contributed by atoms with Gasteiger partial charge in [-0.2, -0.15) is 0 Å². The summed E-state index contributed by atoms with van der Waals surface area (Å²) in [6, 6.07) is 0. The van der Waals surface area contributed by atoms with Gasteiger partial charge in [0.05, 0.1) is 0 Å². The van der Waals surface area contributed by atoms with Crippen LogP contribution >= 0.6 is 0 Å². The Labute approximate surface area is 82.2 Å². The van der Waals surface area contributed by atoms with Crippen LogP contribution < -0.4 is 0 Å². The number of likely N-dealkylation sites (N-methyl/N-ethyl adjacent to an activating group) is 1. The van der Waals surface area contributed by atoms with Gasteiger partial charge in [0.2, 0.25) is 0 Å². The Balaban J connectivity index is 2.59. The summed E-state index contributed by atoms with van der Waals surface area (Å²) in [6.07, 6.45) is 1.26. The maximum Gasteiger partial charge on any atom is 0.0383 e. The zero-order chi connectivity index (χ0) is 9.84. The summed E-state index contributed by atoms with van der Waals surface area (Å²) in [5.41, 5.74) is 2.98. The Bertz CT molecular complexity index is 192. The summed E-state index contributed by atoms with van der Waals surface area (Å²) >= 11 is 0. The van der Waals surface area contributed by atoms with E-state index in [2.05, 4.69) is 37.6 Å². The minimum Gasteiger partial charge on any atom is -0.376 e. The molecule has 0 spiro atoms. The van der Waals surface area contributed by atoms with Gasteiger partial charge in [0, 0.05) is 32.4 Å². The van der Waals surface area contributed by atoms with E-state index in [0.29, 0.717) is 0 Å². The lowest BCUT2D eigenvalue weighted by Crippen LogP contribution is -2.43. The van der Waals surface area contributed by atoms with Gasteiger partial charge in [0.15, 0.2) is 0 Å². The molecular weight excluding hydrogens is 160 g/mol. The summed E-state index contributed by atoms with van der Waals surface area (Å²) < 4.78 is 0. The predicted molar refractivity (Wildman–Crippen MR) is 57.7 cm³/mol. The van der Waals surface area contributed by atoms with Crippen molar-refractivity contribution < 1.29 is 0 Å². The van der Waals surface area contributed by atoms with Gasteiger partial charge in [-0.1, -0.05) is 12.5 Å². The highest BCUT2D eigenvalue weighted by Crippen LogP contribution is 2.14. The van der Waals surface area contributed by atoms with Crippen molar-refractivity contribution in [2.75, 3.05) is 33.2 Å². The SMILES string of the molecule is CCCN1CCN(C)C(=C(C)C)C1. The van der Waals surface area contributed by atoms with E-state index in [1.165, 1.54) is 37.3 Å². The first-order valence-electron chi connectivity index (χ1n) is 5.25. The molecule has 13 heavy (non-hydrogen) atoms. The first-order chi connectivity index (χ1) is 6.15. The van der Waals surface area contributed by atoms with Gasteiger partial charge in [-0.15, -0.1) is 0 Å². The van der Waals surface area contributed by atoms with Crippen molar-refractivity contribution >= 4 is 0 Å². The van der Waals surface area contributed by atoms with Crippen LogP contribution in [0.5, 0.6) is 0 Å². The Morgan fingerprint density at radius 1 is 1.31 bits per heavy atom. The third-order valence-corrected chi connectivity index (χ3v) is 2.70. The summed E-state index contributed by atoms with van der Waals surface area (Å²) in [6.45, 7) is 11.5. The molecule has 0 unspecified atom stereocenters. The summed E-state index contributed by atoms with van der Waals surface area (Å²) in [5, 5.41) is 0. The van der Waals surface area contributed by atoms with E-state index in [4.69, 9.17) is 0 Å². The Morgan fingerprint density at radius 3 is 2.54 bits per heavy atom. The average molecular weight is 182 g/mol. The van der Waals surface area contributed by atoms with E-state index < -0.39 is 0 Å². The molecule has 1 fully saturated rings. The third-order valence-electron chi connectivity index (χ3n) is 2.70. The molecule has 1 aliphatic heterocycles. The van der Waals surface area contributed by atoms with E-state index >= 15 is 0 Å². The van der Waals surface area contributed by atoms with E-state index in [1.807, 2.05) is 0 Å². The van der Waals surface area contributed by atoms with Gasteiger partial charge in [-0.05, 0) is 26.8 Å². The number of rotatable bonds is 2. The van der Waals surface area contributed by atoms with Gasteiger partial charge in [0.25, 0.3) is 0 Å². The average Bonchev–Trinajstić information content (AvgIpc) is 2.08. The Kier molecular flexibility index (Phi) is 3.79. The second-order valence-corrected chi connectivity index (χ2v) is 4.14. The van der Waals surface area contributed by atoms with Crippen LogP contribution in [-0.2, 0) is 0 Å². The first kappa shape index (κ1) is 10.6. The van der Waals surface area contributed by atoms with Gasteiger partial charge in [-0.3, -0.25) is 4.90 Å². The van der Waals surface area contributed by atoms with E-state index in [-0.39, 0.29) is 0 Å². The number of piperazine rings is 1. The van der Waals surface area contributed by atoms with Gasteiger partial charge >= 0.3 is 0 Å². The van der Waals surface area contributed by atoms with Crippen LogP contribution in [0.4, 0.5) is 0 Å². The largest absolute Gasteiger partial charge is 0.376 e. The molecule has 0 atom stereocenters. The summed E-state index contributed by atoms with van der Waals surface area (Å²) in [7, 11) is 2.20. The molecule has 0 aromatic rings. The molecule has 0 N–H and O–H groups in total. The number of allylic oxidation sites excluding steroid dienone is 1. The van der Waals surface area contributed by atoms with Crippen LogP contribution in [0.25, 0.3) is 0 Å². The molecule has 1 rings (SSSR count). The van der Waals surface area contributed by atoms with Crippen LogP contribution in [0, 0.1) is 0 Å². The van der Waals surface area contributed by atoms with Gasteiger partial charge < -0.3 is 4.90 Å². The van der Waals surface area contributed by atoms with Crippen molar-refractivity contribution in [3.8, 4) is 0 Å². The van der Waals surface area contributed by atoms with Crippen LogP contribution in [0.2, 0.25) is 0 Å². The minimum atomic E-state index is 1.15. The van der Waals surface area contributed by atoms with Crippen LogP contribution in [0.3, 0.4) is 0 Å². The summed E-state index contributed by atoms with van der Waals surface area (Å²) in [4.78, 5) is 4.93. The number of nitrogens with zero attached hydrogens (tertiary/aromatic N) is 2. The fourth-order valence-corrected chi connectivity index (χ4v) is 1.88. The van der Waals surface area contributed by atoms with Gasteiger partial charge in [-0.25, -0.2) is 0 Å². The Morgan fingerprint density at radius 2 is 2.00 bits per heavy atom. The lowest BCUT2D eigenvalue weighted by Gasteiger charge is -2.36. The van der Waals surface area contributed by atoms with Crippen LogP contribution in [0.15, 0.2) is 11.3 Å². The minimum absolute atomic E-state index is 1.15. The van der Waals surface area contributed by atoms with Crippen molar-refractivity contribution in [2.45, 2.75) is 27.2 Å². The third kappa shape index (κ3) is 2.73. The molecule has 0 radical (unpaired) electrons. The zero-order valence-electron chi connectivity index (χ0n) is 9.43. The number of hydrogen-bond donors (Lipinski definition) is 0. The van der Waals surface area contributed by atoms with Crippen molar-refractivity contribution in [1.29, 1.82) is 0 Å². The second-order valence-electron chi connectivity index (χ2n) is 4.14. The fraction of sp³-hybridized carbons (Fsp3) is 0.818. The number of hydrogen-bond acceptors (Lipinski definition) is 2. The van der Waals surface area contributed by atoms with E-state index in [9.17, 15) is 0 Å². The monoisotopic (exact) mass is 182 g/mol. The molecular formula is C11H22N2. The van der Waals surface area contributed by atoms with E-state index in [0.717, 1.165) is 6.54 Å². The first-order valence-corrected chi connectivity index (χ1v) is 5.25. The van der Waals surface area contributed by atoms with Crippen molar-refractivity contribution in [1.82, 2.24) is 9.80 Å². The Hall–Kier alpha value is -0.500. The normalized spacial score (nSPS) is 19.4. The molecule has 2 heteroatoms. The van der Waals surface area contributed by atoms with Crippen molar-refractivity contribution in [2.24, 2.45) is 0 Å². The molecule has 0 saturated carbocycles. The standard InChI is InChI=1S/C11H22N2/c1-5-6-13-8-7-12(4)11(9-13)10(2)3/h5-9H2,1-4H3. The summed E-state index contributed by atoms with van der Waals surface area (Å²) in [5.74, 6) is 0. The van der Waals surface area contributed by atoms with Crippen LogP contribution in [0.1, 0.15) is 27.2 Å². The van der Waals surface area contributed by atoms with Gasteiger partial charge in [0.1, 0.15) is 0 Å². The lowest BCUT2D eigenvalue weighted by molar-refractivity contribution is 0.194. The lowest BCUT2D eigenvalue weighted by atomic mass is 10.1. The molecule has 0 amide bonds. The highest BCUT2D eigenvalue weighted by molar-refractivity contribution is 5.12. The van der Waals surface area contributed by atoms with Crippen LogP contribution in [-0.4, -0.2) is 43.0 Å². The zero-order valence-corrected chi connectivity index (χ0v) is 9.43. The quantitative estimate of drug-likeness (QED) is 0.644. The smallest absolute Gasteiger partial charge is 0.0383 e. The van der Waals surface area contributed by atoms with Crippen molar-refractivity contribution in [3.63, 3.8) is 0 Å². The predicted octanol–water partition coefficient (Wildman–Crippen LogP) is 1.94. The molecule has 1 heterocycles. The molecule has 2 nitrogen and oxygen atoms in total. The maximum atomic E-state index is 2.54. The molecule has 0 aliphatic carbocycles. The molecule has 0 bridgehead atoms. The molecule has 1 aliphatic rings.